The van der Waals surface area contributed by atoms with Gasteiger partial charge in [0.05, 0.1) is 13.0 Å². The van der Waals surface area contributed by atoms with E-state index in [9.17, 15) is 9.59 Å². The number of nitrogens with one attached hydrogen (secondary N) is 1. The Morgan fingerprint density at radius 1 is 1.43 bits per heavy atom. The van der Waals surface area contributed by atoms with Gasteiger partial charge in [-0.15, -0.1) is 0 Å². The van der Waals surface area contributed by atoms with E-state index in [2.05, 4.69) is 26.8 Å². The highest BCUT2D eigenvalue weighted by Crippen LogP contribution is 2.22. The summed E-state index contributed by atoms with van der Waals surface area (Å²) >= 11 is 0. The van der Waals surface area contributed by atoms with Crippen molar-refractivity contribution >= 4 is 23.0 Å². The van der Waals surface area contributed by atoms with E-state index in [0.29, 0.717) is 30.9 Å². The fourth-order valence-electron chi connectivity index (χ4n) is 3.59. The monoisotopic (exact) mass is 392 g/mol. The molecule has 1 fully saturated rings. The molecule has 1 unspecified atom stereocenters. The number of rotatable bonds is 9. The number of H-pyrrole nitrogens is 1. The number of nitrogens with zero attached hydrogens (tertiary/aromatic N) is 4. The van der Waals surface area contributed by atoms with Crippen LogP contribution >= 0.6 is 0 Å². The summed E-state index contributed by atoms with van der Waals surface area (Å²) in [5.74, 6) is -0.364. The third-order valence-electron chi connectivity index (χ3n) is 5.04. The number of anilines is 1. The van der Waals surface area contributed by atoms with Gasteiger partial charge in [0.25, 0.3) is 0 Å². The van der Waals surface area contributed by atoms with Crippen molar-refractivity contribution in [1.82, 2.24) is 24.4 Å². The number of ether oxygens (including phenoxy) is 1. The van der Waals surface area contributed by atoms with Crippen molar-refractivity contribution in [1.29, 1.82) is 0 Å². The lowest BCUT2D eigenvalue weighted by atomic mass is 9.98. The van der Waals surface area contributed by atoms with E-state index < -0.39 is 5.97 Å². The molecule has 0 aliphatic carbocycles. The summed E-state index contributed by atoms with van der Waals surface area (Å²) in [6, 6.07) is 0.179. The molecule has 0 spiro atoms. The largest absolute Gasteiger partial charge is 0.481 e. The minimum Gasteiger partial charge on any atom is -0.481 e. The number of unbranched alkanes of at least 4 members (excludes halogenated alkanes) is 1. The van der Waals surface area contributed by atoms with Gasteiger partial charge in [-0.3, -0.25) is 9.36 Å². The van der Waals surface area contributed by atoms with Crippen molar-refractivity contribution < 1.29 is 14.6 Å². The Bertz CT molecular complexity index is 877. The summed E-state index contributed by atoms with van der Waals surface area (Å²) in [6.45, 7) is 5.23. The number of hydrogen-bond donors (Lipinski definition) is 3. The van der Waals surface area contributed by atoms with Crippen LogP contribution < -0.4 is 16.2 Å². The number of aliphatic carboxylic acids is 1. The Morgan fingerprint density at radius 2 is 2.25 bits per heavy atom. The molecule has 1 atom stereocenters. The van der Waals surface area contributed by atoms with Crippen molar-refractivity contribution in [3.05, 3.63) is 10.5 Å². The molecule has 28 heavy (non-hydrogen) atoms. The number of carboxylic acids is 1. The summed E-state index contributed by atoms with van der Waals surface area (Å²) in [4.78, 5) is 36.7. The van der Waals surface area contributed by atoms with Crippen molar-refractivity contribution in [2.24, 2.45) is 5.92 Å². The highest BCUT2D eigenvalue weighted by atomic mass is 16.5. The predicted octanol–water partition coefficient (Wildman–Crippen LogP) is 1.07. The molecule has 10 nitrogen and oxygen atoms in total. The number of imidazole rings is 1. The van der Waals surface area contributed by atoms with Crippen molar-refractivity contribution in [2.75, 3.05) is 32.0 Å². The van der Waals surface area contributed by atoms with E-state index >= 15 is 0 Å². The molecule has 0 aromatic carbocycles. The minimum atomic E-state index is -0.794. The van der Waals surface area contributed by atoms with Crippen LogP contribution in [0.15, 0.2) is 4.79 Å². The van der Waals surface area contributed by atoms with E-state index in [1.165, 1.54) is 0 Å². The fourth-order valence-corrected chi connectivity index (χ4v) is 3.59. The van der Waals surface area contributed by atoms with Gasteiger partial charge in [0.2, 0.25) is 0 Å². The molecule has 1 aliphatic heterocycles. The van der Waals surface area contributed by atoms with Gasteiger partial charge >= 0.3 is 17.7 Å². The second kappa shape index (κ2) is 9.05. The van der Waals surface area contributed by atoms with Crippen molar-refractivity contribution in [3.63, 3.8) is 0 Å². The van der Waals surface area contributed by atoms with Gasteiger partial charge in [0.1, 0.15) is 5.52 Å². The van der Waals surface area contributed by atoms with Gasteiger partial charge in [-0.2, -0.15) is 9.97 Å². The number of carbonyl (C=O) groups is 1. The molecular weight excluding hydrogens is 364 g/mol. The lowest BCUT2D eigenvalue weighted by Crippen LogP contribution is -2.39. The summed E-state index contributed by atoms with van der Waals surface area (Å²) in [5, 5.41) is 8.89. The first-order valence-electron chi connectivity index (χ1n) is 9.81. The third kappa shape index (κ3) is 4.80. The zero-order valence-corrected chi connectivity index (χ0v) is 16.2. The maximum atomic E-state index is 12.5. The van der Waals surface area contributed by atoms with Gasteiger partial charge < -0.3 is 25.5 Å². The SMILES string of the molecule is CCCCOc1nc(N)c2[nH]c(=O)n(CC3CCCN(CCC(=O)O)C3)c2n1. The van der Waals surface area contributed by atoms with E-state index in [1.54, 1.807) is 4.57 Å². The van der Waals surface area contributed by atoms with Crippen molar-refractivity contribution in [3.8, 4) is 6.01 Å². The second-order valence-electron chi connectivity index (χ2n) is 7.29. The summed E-state index contributed by atoms with van der Waals surface area (Å²) in [7, 11) is 0. The topological polar surface area (TPSA) is 139 Å². The second-order valence-corrected chi connectivity index (χ2v) is 7.29. The number of nitrogen functional groups attached to an aromatic ring is 1. The molecule has 2 aromatic rings. The summed E-state index contributed by atoms with van der Waals surface area (Å²) < 4.78 is 7.15. The molecule has 0 saturated carbocycles. The molecule has 10 heteroatoms. The van der Waals surface area contributed by atoms with Crippen LogP contribution in [0.1, 0.15) is 39.0 Å². The molecular formula is C18H28N6O4. The average Bonchev–Trinajstić information content (AvgIpc) is 2.97. The zero-order valence-electron chi connectivity index (χ0n) is 16.2. The average molecular weight is 392 g/mol. The molecule has 0 bridgehead atoms. The molecule has 0 amide bonds. The maximum Gasteiger partial charge on any atom is 0.327 e. The number of fused-ring (bicyclic) bond motifs is 1. The molecule has 1 aliphatic rings. The number of aromatic amines is 1. The number of carboxylic acid groups (broad SMARTS) is 1. The highest BCUT2D eigenvalue weighted by molar-refractivity contribution is 5.81. The van der Waals surface area contributed by atoms with Gasteiger partial charge in [-0.25, -0.2) is 4.79 Å². The normalized spacial score (nSPS) is 17.8. The van der Waals surface area contributed by atoms with E-state index in [4.69, 9.17) is 15.6 Å². The maximum absolute atomic E-state index is 12.5. The quantitative estimate of drug-likeness (QED) is 0.538. The highest BCUT2D eigenvalue weighted by Gasteiger charge is 2.23. The third-order valence-corrected chi connectivity index (χ3v) is 5.04. The van der Waals surface area contributed by atoms with E-state index in [1.807, 2.05) is 0 Å². The minimum absolute atomic E-state index is 0.127. The lowest BCUT2D eigenvalue weighted by molar-refractivity contribution is -0.137. The molecule has 1 saturated heterocycles. The Morgan fingerprint density at radius 3 is 3.00 bits per heavy atom. The Labute approximate surface area is 162 Å². The zero-order chi connectivity index (χ0) is 20.1. The standard InChI is InChI=1S/C18H28N6O4/c1-2-3-9-28-17-21-15(19)14-16(22-17)24(18(27)20-14)11-12-5-4-7-23(10-12)8-6-13(25)26/h12H,2-11H2,1H3,(H,20,27)(H,25,26)(H2,19,21,22). The van der Waals surface area contributed by atoms with Gasteiger partial charge in [-0.1, -0.05) is 13.3 Å². The molecule has 4 N–H and O–H groups in total. The van der Waals surface area contributed by atoms with Crippen LogP contribution in [0.2, 0.25) is 0 Å². The predicted molar refractivity (Wildman–Crippen MR) is 104 cm³/mol. The number of nitrogens with two attached hydrogens (primary N) is 1. The van der Waals surface area contributed by atoms with Crippen molar-refractivity contribution in [2.45, 2.75) is 45.6 Å². The van der Waals surface area contributed by atoms with Gasteiger partial charge in [-0.05, 0) is 31.7 Å². The molecule has 0 radical (unpaired) electrons. The fraction of sp³-hybridized carbons (Fsp3) is 0.667. The number of aromatic nitrogens is 4. The number of likely N-dealkylation sites (tertiary alicyclic amines) is 1. The van der Waals surface area contributed by atoms with Crippen LogP contribution in [0.5, 0.6) is 6.01 Å². The number of hydrogen-bond acceptors (Lipinski definition) is 7. The van der Waals surface area contributed by atoms with Gasteiger partial charge in [0.15, 0.2) is 11.5 Å². The summed E-state index contributed by atoms with van der Waals surface area (Å²) in [5.41, 5.74) is 6.59. The lowest BCUT2D eigenvalue weighted by Gasteiger charge is -2.32. The molecule has 3 rings (SSSR count). The Balaban J connectivity index is 1.77. The Hall–Kier alpha value is -2.62. The van der Waals surface area contributed by atoms with E-state index in [-0.39, 0.29) is 29.9 Å². The van der Waals surface area contributed by atoms with Crippen LogP contribution in [0.4, 0.5) is 5.82 Å². The van der Waals surface area contributed by atoms with Crippen LogP contribution in [0.25, 0.3) is 11.2 Å². The van der Waals surface area contributed by atoms with Crippen LogP contribution in [-0.4, -0.2) is 61.7 Å². The first kappa shape index (κ1) is 20.1. The van der Waals surface area contributed by atoms with Crippen LogP contribution in [0.3, 0.4) is 0 Å². The molecule has 2 aromatic heterocycles. The molecule has 154 valence electrons. The Kier molecular flexibility index (Phi) is 6.50. The molecule has 3 heterocycles. The van der Waals surface area contributed by atoms with Gasteiger partial charge in [0, 0.05) is 19.6 Å². The summed E-state index contributed by atoms with van der Waals surface area (Å²) in [6.07, 6.45) is 3.96. The van der Waals surface area contributed by atoms with Crippen LogP contribution in [0, 0.1) is 5.92 Å². The van der Waals surface area contributed by atoms with Crippen LogP contribution in [-0.2, 0) is 11.3 Å². The smallest absolute Gasteiger partial charge is 0.327 e. The van der Waals surface area contributed by atoms with E-state index in [0.717, 1.165) is 38.8 Å². The first-order chi connectivity index (χ1) is 13.5. The first-order valence-corrected chi connectivity index (χ1v) is 9.81. The number of piperidine rings is 1.